The van der Waals surface area contributed by atoms with Gasteiger partial charge in [0, 0.05) is 0 Å². The average molecular weight is 371 g/mol. The lowest BCUT2D eigenvalue weighted by Crippen LogP contribution is -2.27. The third-order valence-electron chi connectivity index (χ3n) is 3.58. The van der Waals surface area contributed by atoms with Gasteiger partial charge in [-0.05, 0) is 48.0 Å². The van der Waals surface area contributed by atoms with Gasteiger partial charge in [0.05, 0.1) is 23.3 Å². The normalized spacial score (nSPS) is 15.7. The molecule has 0 saturated carbocycles. The highest BCUT2D eigenvalue weighted by molar-refractivity contribution is 8.27. The number of carboxylic acid groups (broad SMARTS) is 1. The summed E-state index contributed by atoms with van der Waals surface area (Å²) in [6.07, 6.45) is 1.77. The Hall–Kier alpha value is -2.64. The van der Waals surface area contributed by atoms with Gasteiger partial charge in [0.15, 0.2) is 4.32 Å². The monoisotopic (exact) mass is 371 g/mol. The minimum atomic E-state index is -1.02. The summed E-state index contributed by atoms with van der Waals surface area (Å²) < 4.78 is 5.53. The molecule has 2 aromatic carbocycles. The van der Waals surface area contributed by atoms with Gasteiger partial charge in [-0.2, -0.15) is 0 Å². The van der Waals surface area contributed by atoms with E-state index >= 15 is 0 Å². The standard InChI is InChI=1S/C18H13NO4S2/c1-23-14-8-2-11(3-9-14)10-15-16(20)19(18(24)25-15)13-6-4-12(5-7-13)17(21)22/h2-10H,1H3,(H,21,22)/b15-10-. The van der Waals surface area contributed by atoms with Crippen LogP contribution in [0.3, 0.4) is 0 Å². The zero-order valence-electron chi connectivity index (χ0n) is 13.1. The Morgan fingerprint density at radius 1 is 1.16 bits per heavy atom. The lowest BCUT2D eigenvalue weighted by Gasteiger charge is -2.14. The molecule has 1 aliphatic rings. The average Bonchev–Trinajstić information content (AvgIpc) is 2.89. The lowest BCUT2D eigenvalue weighted by atomic mass is 10.2. The van der Waals surface area contributed by atoms with Crippen molar-refractivity contribution >= 4 is 51.9 Å². The van der Waals surface area contributed by atoms with E-state index in [4.69, 9.17) is 22.1 Å². The Labute approximate surface area is 153 Å². The van der Waals surface area contributed by atoms with Crippen molar-refractivity contribution in [3.8, 4) is 5.75 Å². The number of aromatic carboxylic acids is 1. The number of nitrogens with zero attached hydrogens (tertiary/aromatic N) is 1. The molecule has 126 valence electrons. The molecule has 1 amide bonds. The summed E-state index contributed by atoms with van der Waals surface area (Å²) in [7, 11) is 1.59. The molecule has 3 rings (SSSR count). The maximum Gasteiger partial charge on any atom is 0.335 e. The van der Waals surface area contributed by atoms with Crippen molar-refractivity contribution in [2.24, 2.45) is 0 Å². The van der Waals surface area contributed by atoms with Crippen LogP contribution in [-0.4, -0.2) is 28.4 Å². The molecule has 0 radical (unpaired) electrons. The van der Waals surface area contributed by atoms with Crippen molar-refractivity contribution in [2.45, 2.75) is 0 Å². The topological polar surface area (TPSA) is 66.8 Å². The van der Waals surface area contributed by atoms with E-state index in [-0.39, 0.29) is 11.5 Å². The van der Waals surface area contributed by atoms with Crippen molar-refractivity contribution < 1.29 is 19.4 Å². The number of hydrogen-bond acceptors (Lipinski definition) is 5. The summed E-state index contributed by atoms with van der Waals surface area (Å²) >= 11 is 6.52. The Balaban J connectivity index is 1.86. The third-order valence-corrected chi connectivity index (χ3v) is 4.88. The maximum atomic E-state index is 12.7. The molecular weight excluding hydrogens is 358 g/mol. The smallest absolute Gasteiger partial charge is 0.335 e. The SMILES string of the molecule is COc1ccc(/C=C2\SC(=S)N(c3ccc(C(=O)O)cc3)C2=O)cc1. The highest BCUT2D eigenvalue weighted by Gasteiger charge is 2.33. The number of benzene rings is 2. The zero-order chi connectivity index (χ0) is 18.0. The first-order valence-electron chi connectivity index (χ1n) is 7.25. The molecule has 0 atom stereocenters. The van der Waals surface area contributed by atoms with E-state index in [2.05, 4.69) is 0 Å². The van der Waals surface area contributed by atoms with Crippen molar-refractivity contribution in [3.63, 3.8) is 0 Å². The summed E-state index contributed by atoms with van der Waals surface area (Å²) in [4.78, 5) is 25.5. The van der Waals surface area contributed by atoms with Gasteiger partial charge in [0.1, 0.15) is 5.75 Å². The van der Waals surface area contributed by atoms with Crippen LogP contribution in [0, 0.1) is 0 Å². The van der Waals surface area contributed by atoms with E-state index in [1.807, 2.05) is 24.3 Å². The van der Waals surface area contributed by atoms with Crippen molar-refractivity contribution in [1.82, 2.24) is 0 Å². The van der Waals surface area contributed by atoms with Gasteiger partial charge < -0.3 is 9.84 Å². The summed E-state index contributed by atoms with van der Waals surface area (Å²) in [6.45, 7) is 0. The number of thiocarbonyl (C=S) groups is 1. The molecule has 2 aromatic rings. The molecule has 5 nitrogen and oxygen atoms in total. The van der Waals surface area contributed by atoms with E-state index in [1.165, 1.54) is 28.8 Å². The van der Waals surface area contributed by atoms with E-state index in [1.54, 1.807) is 25.3 Å². The van der Waals surface area contributed by atoms with Crippen LogP contribution < -0.4 is 9.64 Å². The molecule has 0 aliphatic carbocycles. The van der Waals surface area contributed by atoms with Crippen LogP contribution in [0.2, 0.25) is 0 Å². The first-order chi connectivity index (χ1) is 12.0. The fraction of sp³-hybridized carbons (Fsp3) is 0.0556. The Morgan fingerprint density at radius 3 is 2.36 bits per heavy atom. The van der Waals surface area contributed by atoms with Crippen LogP contribution in [0.25, 0.3) is 6.08 Å². The molecule has 1 N–H and O–H groups in total. The summed E-state index contributed by atoms with van der Waals surface area (Å²) in [5.41, 5.74) is 1.57. The molecule has 0 aromatic heterocycles. The van der Waals surface area contributed by atoms with E-state index in [0.29, 0.717) is 14.9 Å². The van der Waals surface area contributed by atoms with E-state index < -0.39 is 5.97 Å². The first kappa shape index (κ1) is 17.2. The molecule has 0 bridgehead atoms. The Bertz CT molecular complexity index is 873. The summed E-state index contributed by atoms with van der Waals surface area (Å²) in [5.74, 6) is -0.506. The molecule has 1 heterocycles. The second kappa shape index (κ2) is 7.08. The highest BCUT2D eigenvalue weighted by Crippen LogP contribution is 2.36. The number of methoxy groups -OCH3 is 1. The maximum absolute atomic E-state index is 12.7. The van der Waals surface area contributed by atoms with Gasteiger partial charge in [-0.15, -0.1) is 0 Å². The number of rotatable bonds is 4. The van der Waals surface area contributed by atoms with E-state index in [0.717, 1.165) is 11.3 Å². The number of hydrogen-bond donors (Lipinski definition) is 1. The first-order valence-corrected chi connectivity index (χ1v) is 8.47. The van der Waals surface area contributed by atoms with Crippen LogP contribution in [-0.2, 0) is 4.79 Å². The molecule has 1 aliphatic heterocycles. The van der Waals surface area contributed by atoms with Crippen molar-refractivity contribution in [2.75, 3.05) is 12.0 Å². The van der Waals surface area contributed by atoms with Crippen LogP contribution >= 0.6 is 24.0 Å². The number of anilines is 1. The molecule has 1 fully saturated rings. The second-order valence-electron chi connectivity index (χ2n) is 5.14. The van der Waals surface area contributed by atoms with Crippen LogP contribution in [0.4, 0.5) is 5.69 Å². The van der Waals surface area contributed by atoms with Gasteiger partial charge >= 0.3 is 5.97 Å². The molecular formula is C18H13NO4S2. The predicted octanol–water partition coefficient (Wildman–Crippen LogP) is 3.80. The molecule has 0 unspecified atom stereocenters. The minimum Gasteiger partial charge on any atom is -0.497 e. The van der Waals surface area contributed by atoms with Gasteiger partial charge in [0.25, 0.3) is 5.91 Å². The van der Waals surface area contributed by atoms with Gasteiger partial charge in [-0.25, -0.2) is 4.79 Å². The number of carboxylic acids is 1. The molecule has 0 spiro atoms. The molecule has 7 heteroatoms. The number of thioether (sulfide) groups is 1. The fourth-order valence-corrected chi connectivity index (χ4v) is 3.59. The summed E-state index contributed by atoms with van der Waals surface area (Å²) in [5, 5.41) is 8.96. The Morgan fingerprint density at radius 2 is 1.80 bits per heavy atom. The van der Waals surface area contributed by atoms with Crippen molar-refractivity contribution in [3.05, 3.63) is 64.6 Å². The van der Waals surface area contributed by atoms with Gasteiger partial charge in [-0.1, -0.05) is 36.1 Å². The number of carbonyl (C=O) groups is 2. The summed E-state index contributed by atoms with van der Waals surface area (Å²) in [6, 6.07) is 13.4. The second-order valence-corrected chi connectivity index (χ2v) is 6.82. The van der Waals surface area contributed by atoms with Crippen LogP contribution in [0.1, 0.15) is 15.9 Å². The highest BCUT2D eigenvalue weighted by atomic mass is 32.2. The quantitative estimate of drug-likeness (QED) is 0.651. The third kappa shape index (κ3) is 3.57. The predicted molar refractivity (Wildman–Crippen MR) is 102 cm³/mol. The van der Waals surface area contributed by atoms with Gasteiger partial charge in [-0.3, -0.25) is 9.69 Å². The molecule has 25 heavy (non-hydrogen) atoms. The Kier molecular flexibility index (Phi) is 4.87. The van der Waals surface area contributed by atoms with Gasteiger partial charge in [0.2, 0.25) is 0 Å². The minimum absolute atomic E-state index is 0.156. The molecule has 1 saturated heterocycles. The number of carbonyl (C=O) groups excluding carboxylic acids is 1. The zero-order valence-corrected chi connectivity index (χ0v) is 14.8. The largest absolute Gasteiger partial charge is 0.497 e. The van der Waals surface area contributed by atoms with Crippen LogP contribution in [0.5, 0.6) is 5.75 Å². The number of ether oxygens (including phenoxy) is 1. The van der Waals surface area contributed by atoms with Crippen molar-refractivity contribution in [1.29, 1.82) is 0 Å². The fourth-order valence-electron chi connectivity index (χ4n) is 2.29. The van der Waals surface area contributed by atoms with E-state index in [9.17, 15) is 9.59 Å². The lowest BCUT2D eigenvalue weighted by molar-refractivity contribution is -0.113. The number of amides is 1. The van der Waals surface area contributed by atoms with Crippen LogP contribution in [0.15, 0.2) is 53.4 Å².